The van der Waals surface area contributed by atoms with E-state index in [4.69, 9.17) is 0 Å². The molecule has 1 aromatic carbocycles. The van der Waals surface area contributed by atoms with Crippen molar-refractivity contribution in [2.75, 3.05) is 11.4 Å². The number of ketones is 1. The fourth-order valence-corrected chi connectivity index (χ4v) is 2.29. The summed E-state index contributed by atoms with van der Waals surface area (Å²) < 4.78 is 0. The predicted octanol–water partition coefficient (Wildman–Crippen LogP) is 2.88. The molecule has 0 aliphatic carbocycles. The van der Waals surface area contributed by atoms with Gasteiger partial charge in [0.15, 0.2) is 0 Å². The van der Waals surface area contributed by atoms with Crippen LogP contribution in [0.15, 0.2) is 12.1 Å². The number of rotatable bonds is 3. The van der Waals surface area contributed by atoms with Crippen molar-refractivity contribution < 1.29 is 9.59 Å². The van der Waals surface area contributed by atoms with Crippen LogP contribution in [0.2, 0.25) is 0 Å². The van der Waals surface area contributed by atoms with E-state index in [9.17, 15) is 9.59 Å². The number of benzene rings is 1. The number of Topliss-reactive ketones (excluding diaryl/α,β-unsaturated/α-hetero) is 1. The fraction of sp³-hybridized carbons (Fsp3) is 0.467. The van der Waals surface area contributed by atoms with Crippen molar-refractivity contribution in [1.29, 1.82) is 0 Å². The number of carbonyl (C=O) groups is 2. The number of fused-ring (bicyclic) bond motifs is 1. The molecular weight excluding hydrogens is 226 g/mol. The van der Waals surface area contributed by atoms with Gasteiger partial charge in [-0.1, -0.05) is 26.3 Å². The van der Waals surface area contributed by atoms with E-state index in [2.05, 4.69) is 13.8 Å². The normalized spacial score (nSPS) is 16.1. The van der Waals surface area contributed by atoms with Crippen LogP contribution in [-0.2, 0) is 4.79 Å². The Morgan fingerprint density at radius 3 is 2.50 bits per heavy atom. The van der Waals surface area contributed by atoms with Gasteiger partial charge in [-0.15, -0.1) is 0 Å². The van der Waals surface area contributed by atoms with Gasteiger partial charge in [-0.25, -0.2) is 0 Å². The van der Waals surface area contributed by atoms with E-state index in [-0.39, 0.29) is 11.7 Å². The number of hydrogen-bond donors (Lipinski definition) is 0. The van der Waals surface area contributed by atoms with Gasteiger partial charge < -0.3 is 4.90 Å². The van der Waals surface area contributed by atoms with Crippen LogP contribution >= 0.6 is 0 Å². The van der Waals surface area contributed by atoms with E-state index < -0.39 is 0 Å². The van der Waals surface area contributed by atoms with Crippen LogP contribution < -0.4 is 4.90 Å². The van der Waals surface area contributed by atoms with E-state index in [0.29, 0.717) is 18.0 Å². The lowest BCUT2D eigenvalue weighted by Crippen LogP contribution is -2.33. The van der Waals surface area contributed by atoms with E-state index >= 15 is 0 Å². The first-order chi connectivity index (χ1) is 8.47. The van der Waals surface area contributed by atoms with Crippen LogP contribution in [-0.4, -0.2) is 18.2 Å². The highest BCUT2D eigenvalue weighted by atomic mass is 16.2. The maximum atomic E-state index is 12.1. The van der Waals surface area contributed by atoms with Crippen molar-refractivity contribution in [3.63, 3.8) is 0 Å². The highest BCUT2D eigenvalue weighted by Gasteiger charge is 2.37. The number of anilines is 1. The number of amides is 1. The number of hydrogen-bond acceptors (Lipinski definition) is 2. The number of nitrogens with zero attached hydrogens (tertiary/aromatic N) is 1. The molecule has 1 heterocycles. The lowest BCUT2D eigenvalue weighted by atomic mass is 10.0. The molecule has 1 atom stereocenters. The average molecular weight is 245 g/mol. The molecular formula is C15H19NO2. The summed E-state index contributed by atoms with van der Waals surface area (Å²) in [6, 6.07) is 3.68. The topological polar surface area (TPSA) is 37.4 Å². The van der Waals surface area contributed by atoms with Gasteiger partial charge in [0.25, 0.3) is 11.7 Å². The van der Waals surface area contributed by atoms with Gasteiger partial charge in [-0.05, 0) is 37.0 Å². The second kappa shape index (κ2) is 4.56. The Balaban J connectivity index is 2.50. The van der Waals surface area contributed by atoms with Crippen molar-refractivity contribution in [3.8, 4) is 0 Å². The summed E-state index contributed by atoms with van der Waals surface area (Å²) in [6.07, 6.45) is 0.998. The first kappa shape index (κ1) is 12.8. The lowest BCUT2D eigenvalue weighted by Gasteiger charge is -2.22. The summed E-state index contributed by atoms with van der Waals surface area (Å²) in [4.78, 5) is 25.7. The van der Waals surface area contributed by atoms with Gasteiger partial charge in [0.05, 0.1) is 11.3 Å². The molecule has 0 aromatic heterocycles. The molecule has 1 aliphatic heterocycles. The highest BCUT2D eigenvalue weighted by Crippen LogP contribution is 2.34. The van der Waals surface area contributed by atoms with Crippen LogP contribution in [0.25, 0.3) is 0 Å². The summed E-state index contributed by atoms with van der Waals surface area (Å²) in [5, 5.41) is 0. The van der Waals surface area contributed by atoms with Gasteiger partial charge in [0.1, 0.15) is 0 Å². The van der Waals surface area contributed by atoms with E-state index in [1.54, 1.807) is 11.0 Å². The van der Waals surface area contributed by atoms with E-state index in [1.165, 1.54) is 0 Å². The zero-order valence-electron chi connectivity index (χ0n) is 11.4. The summed E-state index contributed by atoms with van der Waals surface area (Å²) in [5.74, 6) is -0.344. The molecule has 1 amide bonds. The molecule has 0 spiro atoms. The molecule has 0 radical (unpaired) electrons. The van der Waals surface area contributed by atoms with Gasteiger partial charge in [-0.2, -0.15) is 0 Å². The quantitative estimate of drug-likeness (QED) is 0.768. The molecule has 3 heteroatoms. The molecule has 0 N–H and O–H groups in total. The second-order valence-electron chi connectivity index (χ2n) is 5.16. The Bertz CT molecular complexity index is 519. The third kappa shape index (κ3) is 1.84. The Morgan fingerprint density at radius 2 is 1.89 bits per heavy atom. The Kier molecular flexibility index (Phi) is 3.24. The van der Waals surface area contributed by atoms with Crippen LogP contribution in [0.3, 0.4) is 0 Å². The van der Waals surface area contributed by atoms with Crippen LogP contribution in [0.5, 0.6) is 0 Å². The maximum Gasteiger partial charge on any atom is 0.299 e. The monoisotopic (exact) mass is 245 g/mol. The van der Waals surface area contributed by atoms with Crippen molar-refractivity contribution in [2.24, 2.45) is 5.92 Å². The molecule has 0 saturated heterocycles. The van der Waals surface area contributed by atoms with Crippen molar-refractivity contribution in [2.45, 2.75) is 34.1 Å². The molecule has 1 aromatic rings. The van der Waals surface area contributed by atoms with Gasteiger partial charge in [-0.3, -0.25) is 9.59 Å². The minimum atomic E-state index is -0.376. The molecule has 2 rings (SSSR count). The van der Waals surface area contributed by atoms with Crippen molar-refractivity contribution in [1.82, 2.24) is 0 Å². The minimum absolute atomic E-state index is 0.364. The highest BCUT2D eigenvalue weighted by molar-refractivity contribution is 6.52. The molecule has 1 aliphatic rings. The number of aryl methyl sites for hydroxylation is 1. The standard InChI is InChI=1S/C15H19NO2/c1-5-9(2)8-16-13-11(4)10(3)6-7-12(13)14(17)15(16)18/h6-7,9H,5,8H2,1-4H3. The average Bonchev–Trinajstić information content (AvgIpc) is 2.59. The molecule has 0 saturated carbocycles. The van der Waals surface area contributed by atoms with Crippen LogP contribution in [0, 0.1) is 19.8 Å². The molecule has 18 heavy (non-hydrogen) atoms. The third-order valence-corrected chi connectivity index (χ3v) is 3.85. The fourth-order valence-electron chi connectivity index (χ4n) is 2.29. The number of carbonyl (C=O) groups excluding carboxylic acids is 2. The van der Waals surface area contributed by atoms with E-state index in [0.717, 1.165) is 23.2 Å². The first-order valence-corrected chi connectivity index (χ1v) is 6.43. The minimum Gasteiger partial charge on any atom is -0.304 e. The lowest BCUT2D eigenvalue weighted by molar-refractivity contribution is -0.114. The largest absolute Gasteiger partial charge is 0.304 e. The molecule has 0 bridgehead atoms. The van der Waals surface area contributed by atoms with Gasteiger partial charge >= 0.3 is 0 Å². The Morgan fingerprint density at radius 1 is 1.22 bits per heavy atom. The van der Waals surface area contributed by atoms with E-state index in [1.807, 2.05) is 19.9 Å². The Hall–Kier alpha value is -1.64. The Labute approximate surface area is 108 Å². The second-order valence-corrected chi connectivity index (χ2v) is 5.16. The molecule has 96 valence electrons. The van der Waals surface area contributed by atoms with Crippen molar-refractivity contribution in [3.05, 3.63) is 28.8 Å². The zero-order chi connectivity index (χ0) is 13.4. The van der Waals surface area contributed by atoms with Crippen LogP contribution in [0.1, 0.15) is 41.8 Å². The summed E-state index contributed by atoms with van der Waals surface area (Å²) in [7, 11) is 0. The maximum absolute atomic E-state index is 12.1. The first-order valence-electron chi connectivity index (χ1n) is 6.43. The zero-order valence-corrected chi connectivity index (χ0v) is 11.4. The van der Waals surface area contributed by atoms with Gasteiger partial charge in [0.2, 0.25) is 0 Å². The van der Waals surface area contributed by atoms with Crippen molar-refractivity contribution >= 4 is 17.4 Å². The molecule has 1 unspecified atom stereocenters. The SMILES string of the molecule is CCC(C)CN1C(=O)C(=O)c2ccc(C)c(C)c21. The van der Waals surface area contributed by atoms with Gasteiger partial charge in [0, 0.05) is 6.54 Å². The summed E-state index contributed by atoms with van der Waals surface area (Å²) >= 11 is 0. The van der Waals surface area contributed by atoms with Crippen LogP contribution in [0.4, 0.5) is 5.69 Å². The molecule has 3 nitrogen and oxygen atoms in total. The predicted molar refractivity (Wildman–Crippen MR) is 72.1 cm³/mol. The molecule has 0 fully saturated rings. The summed E-state index contributed by atoms with van der Waals surface area (Å²) in [5.41, 5.74) is 3.54. The third-order valence-electron chi connectivity index (χ3n) is 3.85. The smallest absolute Gasteiger partial charge is 0.299 e. The summed E-state index contributed by atoms with van der Waals surface area (Å²) in [6.45, 7) is 8.80.